The number of carbonyl (C=O) groups is 2. The summed E-state index contributed by atoms with van der Waals surface area (Å²) in [5, 5.41) is 21.5. The normalized spacial score (nSPS) is 19.3. The summed E-state index contributed by atoms with van der Waals surface area (Å²) in [7, 11) is 0. The van der Waals surface area contributed by atoms with Crippen LogP contribution in [0.3, 0.4) is 0 Å². The highest BCUT2D eigenvalue weighted by atomic mass is 127. The van der Waals surface area contributed by atoms with E-state index in [1.54, 1.807) is 24.4 Å². The van der Waals surface area contributed by atoms with Crippen LogP contribution in [-0.4, -0.2) is 55.5 Å². The van der Waals surface area contributed by atoms with Gasteiger partial charge in [-0.05, 0) is 46.2 Å². The van der Waals surface area contributed by atoms with Gasteiger partial charge in [0.15, 0.2) is 0 Å². The second kappa shape index (κ2) is 9.97. The van der Waals surface area contributed by atoms with Crippen molar-refractivity contribution in [2.75, 3.05) is 6.54 Å². The second-order valence-electron chi connectivity index (χ2n) is 7.77. The number of β-amino-alcohol motifs (C(OH)–C–C–N with tert-alkyl or cyclic N) is 1. The lowest BCUT2D eigenvalue weighted by Crippen LogP contribution is -2.49. The van der Waals surface area contributed by atoms with Crippen LogP contribution in [0.4, 0.5) is 0 Å². The van der Waals surface area contributed by atoms with Gasteiger partial charge in [0.25, 0.3) is 0 Å². The topological polar surface area (TPSA) is 100 Å². The summed E-state index contributed by atoms with van der Waals surface area (Å²) in [6.45, 7) is 4.08. The monoisotopic (exact) mass is 555 g/mol. The zero-order valence-corrected chi connectivity index (χ0v) is 20.0. The fraction of sp³-hybridized carbons (Fsp3) is 0.429. The number of halogens is 2. The number of hydrogen-bond donors (Lipinski definition) is 2. The van der Waals surface area contributed by atoms with E-state index < -0.39 is 18.2 Å². The average molecular weight is 556 g/mol. The van der Waals surface area contributed by atoms with Gasteiger partial charge in [-0.25, -0.2) is 4.68 Å². The molecule has 0 unspecified atom stereocenters. The van der Waals surface area contributed by atoms with E-state index in [-0.39, 0.29) is 37.2 Å². The van der Waals surface area contributed by atoms with E-state index in [9.17, 15) is 14.7 Å². The van der Waals surface area contributed by atoms with Gasteiger partial charge in [-0.1, -0.05) is 42.6 Å². The number of likely N-dealkylation sites (tertiary alicyclic amines) is 1. The molecule has 31 heavy (non-hydrogen) atoms. The Morgan fingerprint density at radius 2 is 2.19 bits per heavy atom. The Labute approximate surface area is 199 Å². The van der Waals surface area contributed by atoms with E-state index >= 15 is 0 Å². The van der Waals surface area contributed by atoms with E-state index in [0.717, 1.165) is 0 Å². The molecule has 0 radical (unpaired) electrons. The standard InChI is InChI=1S/C21H23ClIN5O3/c1-4-13-5-6-14(16(22)7-13)9-24-20(30)17-8-15(29)10-27(17)21(31)19(12(2)3)28-11-18(23)25-26-28/h1,5-7,11-12,15,17,19,29H,8-10H2,2-3H3,(H,24,30)/t15-,17+,19+/m1/s1. The van der Waals surface area contributed by atoms with Crippen LogP contribution < -0.4 is 5.32 Å². The van der Waals surface area contributed by atoms with Crippen LogP contribution in [0.1, 0.15) is 37.4 Å². The molecule has 3 rings (SSSR count). The number of aromatic nitrogens is 3. The summed E-state index contributed by atoms with van der Waals surface area (Å²) in [6.07, 6.45) is 6.45. The van der Waals surface area contributed by atoms with Crippen LogP contribution in [-0.2, 0) is 16.1 Å². The van der Waals surface area contributed by atoms with Crippen molar-refractivity contribution in [3.05, 3.63) is 44.2 Å². The lowest BCUT2D eigenvalue weighted by Gasteiger charge is -2.29. The summed E-state index contributed by atoms with van der Waals surface area (Å²) >= 11 is 8.26. The number of nitrogens with one attached hydrogen (secondary N) is 1. The third-order valence-corrected chi connectivity index (χ3v) is 6.04. The predicted octanol–water partition coefficient (Wildman–Crippen LogP) is 1.99. The molecule has 2 amide bonds. The highest BCUT2D eigenvalue weighted by Gasteiger charge is 2.42. The molecule has 164 valence electrons. The predicted molar refractivity (Wildman–Crippen MR) is 124 cm³/mol. The molecule has 1 aliphatic rings. The van der Waals surface area contributed by atoms with Crippen molar-refractivity contribution < 1.29 is 14.7 Å². The third-order valence-electron chi connectivity index (χ3n) is 5.19. The SMILES string of the molecule is C#Cc1ccc(CNC(=O)[C@@H]2C[C@@H](O)CN2C(=O)[C@H](C(C)C)n2cc(I)nn2)c(Cl)c1. The molecule has 10 heteroatoms. The minimum atomic E-state index is -0.782. The number of benzene rings is 1. The van der Waals surface area contributed by atoms with Crippen molar-refractivity contribution in [2.45, 2.75) is 45.0 Å². The smallest absolute Gasteiger partial charge is 0.248 e. The maximum atomic E-state index is 13.4. The third kappa shape index (κ3) is 5.37. The van der Waals surface area contributed by atoms with Crippen molar-refractivity contribution in [1.29, 1.82) is 0 Å². The van der Waals surface area contributed by atoms with E-state index in [1.165, 1.54) is 9.58 Å². The minimum Gasteiger partial charge on any atom is -0.391 e. The van der Waals surface area contributed by atoms with Crippen molar-refractivity contribution in [1.82, 2.24) is 25.2 Å². The highest BCUT2D eigenvalue weighted by molar-refractivity contribution is 14.1. The number of hydrogen-bond acceptors (Lipinski definition) is 5. The van der Waals surface area contributed by atoms with Crippen LogP contribution in [0.15, 0.2) is 24.4 Å². The number of aliphatic hydroxyl groups excluding tert-OH is 1. The van der Waals surface area contributed by atoms with Crippen LogP contribution in [0.2, 0.25) is 5.02 Å². The maximum absolute atomic E-state index is 13.4. The molecule has 0 spiro atoms. The van der Waals surface area contributed by atoms with Crippen LogP contribution in [0.25, 0.3) is 0 Å². The van der Waals surface area contributed by atoms with Crippen molar-refractivity contribution >= 4 is 46.0 Å². The molecule has 0 bridgehead atoms. The first-order chi connectivity index (χ1) is 14.7. The van der Waals surface area contributed by atoms with E-state index in [1.807, 2.05) is 36.4 Å². The van der Waals surface area contributed by atoms with Gasteiger partial charge in [0.1, 0.15) is 15.8 Å². The molecule has 2 aromatic rings. The first-order valence-electron chi connectivity index (χ1n) is 9.80. The van der Waals surface area contributed by atoms with Gasteiger partial charge < -0.3 is 15.3 Å². The number of carbonyl (C=O) groups excluding carboxylic acids is 2. The summed E-state index contributed by atoms with van der Waals surface area (Å²) < 4.78 is 2.18. The summed E-state index contributed by atoms with van der Waals surface area (Å²) in [5.74, 6) is 1.80. The largest absolute Gasteiger partial charge is 0.391 e. The minimum absolute atomic E-state index is 0.0834. The first-order valence-corrected chi connectivity index (χ1v) is 11.3. The Hall–Kier alpha value is -2.16. The van der Waals surface area contributed by atoms with Crippen molar-refractivity contribution in [3.8, 4) is 12.3 Å². The molecular formula is C21H23ClIN5O3. The van der Waals surface area contributed by atoms with Crippen molar-refractivity contribution in [2.24, 2.45) is 5.92 Å². The molecule has 1 fully saturated rings. The molecule has 0 saturated carbocycles. The molecule has 8 nitrogen and oxygen atoms in total. The number of terminal acetylenes is 1. The highest BCUT2D eigenvalue weighted by Crippen LogP contribution is 2.27. The van der Waals surface area contributed by atoms with Gasteiger partial charge in [0.2, 0.25) is 11.8 Å². The molecule has 1 aromatic carbocycles. The fourth-order valence-electron chi connectivity index (χ4n) is 3.65. The van der Waals surface area contributed by atoms with Crippen LogP contribution >= 0.6 is 34.2 Å². The molecule has 3 atom stereocenters. The average Bonchev–Trinajstić information content (AvgIpc) is 3.32. The summed E-state index contributed by atoms with van der Waals surface area (Å²) in [4.78, 5) is 27.7. The molecule has 1 aromatic heterocycles. The van der Waals surface area contributed by atoms with Gasteiger partial charge in [0, 0.05) is 30.1 Å². The lowest BCUT2D eigenvalue weighted by atomic mass is 10.0. The quantitative estimate of drug-likeness (QED) is 0.420. The molecule has 1 aliphatic heterocycles. The van der Waals surface area contributed by atoms with E-state index in [4.69, 9.17) is 18.0 Å². The van der Waals surface area contributed by atoms with Gasteiger partial charge in [-0.3, -0.25) is 9.59 Å². The number of nitrogens with zero attached hydrogens (tertiary/aromatic N) is 4. The Balaban J connectivity index is 1.74. The molecular weight excluding hydrogens is 533 g/mol. The summed E-state index contributed by atoms with van der Waals surface area (Å²) in [6, 6.07) is 3.75. The second-order valence-corrected chi connectivity index (χ2v) is 9.29. The maximum Gasteiger partial charge on any atom is 0.248 e. The van der Waals surface area contributed by atoms with Gasteiger partial charge in [0.05, 0.1) is 12.3 Å². The number of aliphatic hydroxyl groups is 1. The number of amides is 2. The van der Waals surface area contributed by atoms with Crippen LogP contribution in [0.5, 0.6) is 0 Å². The molecule has 2 heterocycles. The Morgan fingerprint density at radius 1 is 1.45 bits per heavy atom. The van der Waals surface area contributed by atoms with E-state index in [0.29, 0.717) is 19.9 Å². The molecule has 0 aliphatic carbocycles. The zero-order chi connectivity index (χ0) is 22.7. The van der Waals surface area contributed by atoms with Gasteiger partial charge >= 0.3 is 0 Å². The van der Waals surface area contributed by atoms with Crippen LogP contribution in [0, 0.1) is 22.0 Å². The molecule has 1 saturated heterocycles. The first kappa shape index (κ1) is 23.5. The van der Waals surface area contributed by atoms with Crippen molar-refractivity contribution in [3.63, 3.8) is 0 Å². The summed E-state index contributed by atoms with van der Waals surface area (Å²) in [5.41, 5.74) is 1.36. The number of rotatable bonds is 6. The van der Waals surface area contributed by atoms with Gasteiger partial charge in [-0.2, -0.15) is 0 Å². The Bertz CT molecular complexity index is 1020. The Morgan fingerprint density at radius 3 is 2.77 bits per heavy atom. The fourth-order valence-corrected chi connectivity index (χ4v) is 4.28. The molecule has 2 N–H and O–H groups in total. The lowest BCUT2D eigenvalue weighted by molar-refractivity contribution is -0.142. The Kier molecular flexibility index (Phi) is 7.56. The zero-order valence-electron chi connectivity index (χ0n) is 17.1. The van der Waals surface area contributed by atoms with E-state index in [2.05, 4.69) is 21.5 Å². The van der Waals surface area contributed by atoms with Gasteiger partial charge in [-0.15, -0.1) is 11.5 Å².